The molecule has 3 aromatic heterocycles. The third-order valence-corrected chi connectivity index (χ3v) is 20.8. The SMILES string of the molecule is c1ccc(-c2ccc(-n3c4ccccc4c4cc(-n5c6ccccc6c6cc(-c7ccccc7-n7c8ccccc8c8ccc([Si](c9ccccc9)(c9ccccc9)c9ccccc9)cc87)ccc65)ccc43)cc2)cc1. The van der Waals surface area contributed by atoms with Gasteiger partial charge in [0.05, 0.1) is 38.8 Å². The summed E-state index contributed by atoms with van der Waals surface area (Å²) in [5.74, 6) is 0. The Morgan fingerprint density at radius 3 is 1.22 bits per heavy atom. The van der Waals surface area contributed by atoms with Crippen molar-refractivity contribution in [3.63, 3.8) is 0 Å². The Hall–Kier alpha value is -9.74. The summed E-state index contributed by atoms with van der Waals surface area (Å²) in [6.45, 7) is 0. The van der Waals surface area contributed by atoms with Crippen LogP contribution in [0.1, 0.15) is 0 Å². The van der Waals surface area contributed by atoms with Crippen LogP contribution in [0, 0.1) is 0 Å². The fraction of sp³-hybridized carbons (Fsp3) is 0. The summed E-state index contributed by atoms with van der Waals surface area (Å²) in [4.78, 5) is 0. The van der Waals surface area contributed by atoms with E-state index in [4.69, 9.17) is 0 Å². The van der Waals surface area contributed by atoms with Crippen LogP contribution in [-0.4, -0.2) is 21.8 Å². The average Bonchev–Trinajstić information content (AvgIpc) is 4.21. The second-order valence-electron chi connectivity index (χ2n) is 20.0. The monoisotopic (exact) mass is 983 g/mol. The van der Waals surface area contributed by atoms with Gasteiger partial charge in [0.25, 0.3) is 0 Å². The molecule has 0 aliphatic rings. The van der Waals surface area contributed by atoms with Gasteiger partial charge >= 0.3 is 0 Å². The van der Waals surface area contributed by atoms with Gasteiger partial charge in [-0.05, 0) is 110 Å². The first-order chi connectivity index (χ1) is 37.7. The molecule has 15 rings (SSSR count). The molecule has 0 fully saturated rings. The second kappa shape index (κ2) is 17.7. The molecule has 76 heavy (non-hydrogen) atoms. The molecular weight excluding hydrogens is 935 g/mol. The standard InChI is InChI=1S/C72H49N3Si/c1-5-21-50(22-6-1)51-37-40-53(41-38-51)73-67-34-18-16-32-62(67)65-48-54(42-46-71(65)73)74-68-35-19-15-31-61(68)64-47-52(39-45-70(64)74)59-29-13-17-33-66(59)75-69-36-20-14-30-60(69)63-44-43-58(49-72(63)75)76(55-23-7-2-8-24-55,56-25-9-3-10-26-56)57-27-11-4-12-28-57/h1-49H. The van der Waals surface area contributed by atoms with Crippen molar-refractivity contribution in [2.75, 3.05) is 0 Å². The minimum Gasteiger partial charge on any atom is -0.309 e. The highest BCUT2D eigenvalue weighted by molar-refractivity contribution is 7.20. The first-order valence-corrected chi connectivity index (χ1v) is 28.3. The summed E-state index contributed by atoms with van der Waals surface area (Å²) in [5.41, 5.74) is 15.3. The smallest absolute Gasteiger partial charge is 0.179 e. The molecule has 0 unspecified atom stereocenters. The molecule has 0 N–H and O–H groups in total. The van der Waals surface area contributed by atoms with Crippen molar-refractivity contribution in [2.24, 2.45) is 0 Å². The zero-order valence-electron chi connectivity index (χ0n) is 41.6. The number of benzene rings is 12. The molecule has 0 amide bonds. The van der Waals surface area contributed by atoms with E-state index in [9.17, 15) is 0 Å². The van der Waals surface area contributed by atoms with E-state index in [0.29, 0.717) is 0 Å². The van der Waals surface area contributed by atoms with Gasteiger partial charge in [0.15, 0.2) is 8.07 Å². The summed E-state index contributed by atoms with van der Waals surface area (Å²) in [5, 5.41) is 12.8. The predicted octanol–water partition coefficient (Wildman–Crippen LogP) is 15.7. The van der Waals surface area contributed by atoms with Crippen LogP contribution in [0.15, 0.2) is 297 Å². The molecule has 0 saturated carbocycles. The highest BCUT2D eigenvalue weighted by Crippen LogP contribution is 2.41. The lowest BCUT2D eigenvalue weighted by Gasteiger charge is -2.34. The minimum absolute atomic E-state index is 1.14. The highest BCUT2D eigenvalue weighted by atomic mass is 28.3. The Kier molecular flexibility index (Phi) is 10.2. The molecular formula is C72H49N3Si. The number of nitrogens with zero attached hydrogens (tertiary/aromatic N) is 3. The van der Waals surface area contributed by atoms with E-state index >= 15 is 0 Å². The maximum atomic E-state index is 2.53. The Bertz CT molecular complexity index is 4570. The highest BCUT2D eigenvalue weighted by Gasteiger charge is 2.41. The third-order valence-electron chi connectivity index (χ3n) is 16.0. The predicted molar refractivity (Wildman–Crippen MR) is 324 cm³/mol. The van der Waals surface area contributed by atoms with E-state index in [2.05, 4.69) is 311 Å². The van der Waals surface area contributed by atoms with Crippen LogP contribution in [0.3, 0.4) is 0 Å². The van der Waals surface area contributed by atoms with Crippen LogP contribution in [-0.2, 0) is 0 Å². The van der Waals surface area contributed by atoms with E-state index < -0.39 is 8.07 Å². The quantitative estimate of drug-likeness (QED) is 0.101. The number of aromatic nitrogens is 3. The van der Waals surface area contributed by atoms with Crippen LogP contribution in [0.2, 0.25) is 0 Å². The van der Waals surface area contributed by atoms with Gasteiger partial charge in [-0.2, -0.15) is 0 Å². The van der Waals surface area contributed by atoms with Gasteiger partial charge in [0.2, 0.25) is 0 Å². The molecule has 0 atom stereocenters. The minimum atomic E-state index is -2.82. The lowest BCUT2D eigenvalue weighted by Crippen LogP contribution is -2.74. The third kappa shape index (κ3) is 6.74. The van der Waals surface area contributed by atoms with Crippen LogP contribution >= 0.6 is 0 Å². The van der Waals surface area contributed by atoms with Crippen LogP contribution in [0.25, 0.3) is 105 Å². The number of hydrogen-bond donors (Lipinski definition) is 0. The molecule has 15 aromatic rings. The lowest BCUT2D eigenvalue weighted by atomic mass is 10.0. The lowest BCUT2D eigenvalue weighted by molar-refractivity contribution is 1.16. The summed E-state index contributed by atoms with van der Waals surface area (Å²) in [7, 11) is -2.82. The Balaban J connectivity index is 0.898. The molecule has 0 aliphatic carbocycles. The number of hydrogen-bond acceptors (Lipinski definition) is 0. The Labute approximate surface area is 442 Å². The van der Waals surface area contributed by atoms with Crippen molar-refractivity contribution in [1.29, 1.82) is 0 Å². The van der Waals surface area contributed by atoms with Gasteiger partial charge < -0.3 is 13.7 Å². The van der Waals surface area contributed by atoms with Crippen LogP contribution in [0.4, 0.5) is 0 Å². The summed E-state index contributed by atoms with van der Waals surface area (Å²) in [6, 6.07) is 110. The largest absolute Gasteiger partial charge is 0.309 e. The molecule has 12 aromatic carbocycles. The van der Waals surface area contributed by atoms with Gasteiger partial charge in [-0.3, -0.25) is 0 Å². The van der Waals surface area contributed by atoms with Crippen molar-refractivity contribution in [3.05, 3.63) is 297 Å². The number of fused-ring (bicyclic) bond motifs is 9. The van der Waals surface area contributed by atoms with Crippen LogP contribution < -0.4 is 20.7 Å². The topological polar surface area (TPSA) is 14.8 Å². The summed E-state index contributed by atoms with van der Waals surface area (Å²) >= 11 is 0. The fourth-order valence-corrected chi connectivity index (χ4v) is 17.4. The van der Waals surface area contributed by atoms with Gasteiger partial charge in [0, 0.05) is 49.3 Å². The first-order valence-electron chi connectivity index (χ1n) is 26.3. The van der Waals surface area contributed by atoms with Gasteiger partial charge in [-0.15, -0.1) is 0 Å². The average molecular weight is 984 g/mol. The van der Waals surface area contributed by atoms with E-state index in [1.54, 1.807) is 0 Å². The molecule has 0 radical (unpaired) electrons. The summed E-state index contributed by atoms with van der Waals surface area (Å²) in [6.07, 6.45) is 0. The van der Waals surface area contributed by atoms with E-state index in [1.165, 1.54) is 108 Å². The van der Waals surface area contributed by atoms with Crippen molar-refractivity contribution in [1.82, 2.24) is 13.7 Å². The number of rotatable bonds is 9. The van der Waals surface area contributed by atoms with Crippen molar-refractivity contribution < 1.29 is 0 Å². The molecule has 0 spiro atoms. The molecule has 0 bridgehead atoms. The normalized spacial score (nSPS) is 11.9. The molecule has 356 valence electrons. The van der Waals surface area contributed by atoms with E-state index in [0.717, 1.165) is 17.1 Å². The molecule has 4 heteroatoms. The van der Waals surface area contributed by atoms with Gasteiger partial charge in [-0.25, -0.2) is 0 Å². The molecule has 3 heterocycles. The van der Waals surface area contributed by atoms with Gasteiger partial charge in [0.1, 0.15) is 0 Å². The van der Waals surface area contributed by atoms with Crippen molar-refractivity contribution in [2.45, 2.75) is 0 Å². The van der Waals surface area contributed by atoms with Crippen molar-refractivity contribution in [3.8, 4) is 39.3 Å². The van der Waals surface area contributed by atoms with E-state index in [-0.39, 0.29) is 0 Å². The maximum absolute atomic E-state index is 2.82. The fourth-order valence-electron chi connectivity index (χ4n) is 12.7. The number of para-hydroxylation sites is 4. The molecule has 0 saturated heterocycles. The zero-order chi connectivity index (χ0) is 50.2. The van der Waals surface area contributed by atoms with Gasteiger partial charge in [-0.1, -0.05) is 224 Å². The van der Waals surface area contributed by atoms with Crippen molar-refractivity contribution >= 4 is 94.2 Å². The first kappa shape index (κ1) is 43.8. The maximum Gasteiger partial charge on any atom is 0.179 e. The molecule has 3 nitrogen and oxygen atoms in total. The molecule has 0 aliphatic heterocycles. The van der Waals surface area contributed by atoms with Crippen LogP contribution in [0.5, 0.6) is 0 Å². The Morgan fingerprint density at radius 2 is 0.618 bits per heavy atom. The Morgan fingerprint density at radius 1 is 0.211 bits per heavy atom. The second-order valence-corrected chi connectivity index (χ2v) is 23.8. The van der Waals surface area contributed by atoms with E-state index in [1.807, 2.05) is 0 Å². The zero-order valence-corrected chi connectivity index (χ0v) is 42.6. The summed E-state index contributed by atoms with van der Waals surface area (Å²) < 4.78 is 7.39.